The lowest BCUT2D eigenvalue weighted by molar-refractivity contribution is -0.0136. The second kappa shape index (κ2) is 18.8. The van der Waals surface area contributed by atoms with Gasteiger partial charge in [-0.1, -0.05) is 30.3 Å². The molecule has 0 bridgehead atoms. The van der Waals surface area contributed by atoms with E-state index >= 15 is 0 Å². The summed E-state index contributed by atoms with van der Waals surface area (Å²) in [6, 6.07) is 10.1. The molecule has 0 saturated heterocycles. The van der Waals surface area contributed by atoms with E-state index < -0.39 is 0 Å². The Morgan fingerprint density at radius 1 is 0.600 bits per heavy atom. The third-order valence-electron chi connectivity index (χ3n) is 2.96. The largest absolute Gasteiger partial charge is 0.377 e. The first-order valence-corrected chi connectivity index (χ1v) is 11.5. The molecule has 0 atom stereocenters. The predicted molar refractivity (Wildman–Crippen MR) is 107 cm³/mol. The lowest BCUT2D eigenvalue weighted by Gasteiger charge is -2.08. The molecule has 0 spiro atoms. The molecule has 0 amide bonds. The van der Waals surface area contributed by atoms with Crippen LogP contribution in [0.1, 0.15) is 5.56 Å². The van der Waals surface area contributed by atoms with Gasteiger partial charge in [0.2, 0.25) is 0 Å². The summed E-state index contributed by atoms with van der Waals surface area (Å²) in [6.07, 6.45) is 0. The van der Waals surface area contributed by atoms with Crippen LogP contribution in [0.5, 0.6) is 0 Å². The molecule has 0 heterocycles. The molecule has 0 saturated carbocycles. The van der Waals surface area contributed by atoms with E-state index in [4.69, 9.17) is 27.9 Å². The molecule has 8 heteroatoms. The molecular weight excluding hydrogens is 459 g/mol. The molecule has 1 aromatic rings. The van der Waals surface area contributed by atoms with Crippen molar-refractivity contribution in [1.29, 1.82) is 0 Å². The Kier molecular flexibility index (Phi) is 17.4. The molecule has 6 nitrogen and oxygen atoms in total. The van der Waals surface area contributed by atoms with Gasteiger partial charge < -0.3 is 27.9 Å². The summed E-state index contributed by atoms with van der Waals surface area (Å²) in [4.78, 5) is 0. The first-order chi connectivity index (χ1) is 12.4. The molecule has 0 aliphatic heterocycles. The number of rotatable bonds is 18. The van der Waals surface area contributed by atoms with E-state index in [9.17, 15) is 0 Å². The van der Waals surface area contributed by atoms with Crippen LogP contribution in [0, 0.1) is 0 Å². The van der Waals surface area contributed by atoms with Gasteiger partial charge in [-0.05, 0) is 5.56 Å². The van der Waals surface area contributed by atoms with E-state index in [1.807, 2.05) is 30.3 Å². The van der Waals surface area contributed by atoms with Crippen molar-refractivity contribution in [2.75, 3.05) is 66.1 Å². The molecule has 0 aliphatic carbocycles. The lowest BCUT2D eigenvalue weighted by atomic mass is 10.2. The van der Waals surface area contributed by atoms with Crippen LogP contribution in [0.15, 0.2) is 30.3 Å². The highest BCUT2D eigenvalue weighted by molar-refractivity contribution is 14.2. The minimum Gasteiger partial charge on any atom is -0.377 e. The highest BCUT2D eigenvalue weighted by atomic mass is 127. The van der Waals surface area contributed by atoms with Crippen molar-refractivity contribution in [3.63, 3.8) is 0 Å². The molecular formula is C17H27IO6S. The molecule has 25 heavy (non-hydrogen) atoms. The van der Waals surface area contributed by atoms with E-state index in [0.29, 0.717) is 72.7 Å². The van der Waals surface area contributed by atoms with Gasteiger partial charge in [0.25, 0.3) is 0 Å². The van der Waals surface area contributed by atoms with Crippen LogP contribution < -0.4 is 0 Å². The molecule has 1 aromatic carbocycles. The Morgan fingerprint density at radius 3 is 1.52 bits per heavy atom. The van der Waals surface area contributed by atoms with E-state index in [0.717, 1.165) is 0 Å². The third kappa shape index (κ3) is 16.0. The van der Waals surface area contributed by atoms with Crippen molar-refractivity contribution >= 4 is 30.4 Å². The fourth-order valence-corrected chi connectivity index (χ4v) is 2.44. The van der Waals surface area contributed by atoms with Gasteiger partial charge in [-0.3, -0.25) is 0 Å². The second-order valence-electron chi connectivity index (χ2n) is 4.87. The van der Waals surface area contributed by atoms with E-state index in [1.165, 1.54) is 14.8 Å². The molecule has 144 valence electrons. The summed E-state index contributed by atoms with van der Waals surface area (Å²) in [5.74, 6) is 0. The molecule has 0 fully saturated rings. The molecule has 0 aromatic heterocycles. The summed E-state index contributed by atoms with van der Waals surface area (Å²) in [5.41, 5.74) is 1.17. The zero-order valence-corrected chi connectivity index (χ0v) is 17.4. The Bertz CT molecular complexity index is 385. The van der Waals surface area contributed by atoms with Crippen molar-refractivity contribution < 1.29 is 27.9 Å². The van der Waals surface area contributed by atoms with Crippen LogP contribution in [0.3, 0.4) is 0 Å². The van der Waals surface area contributed by atoms with Crippen LogP contribution in [0.2, 0.25) is 0 Å². The molecule has 0 N–H and O–H groups in total. The number of ether oxygens (including phenoxy) is 5. The van der Waals surface area contributed by atoms with Crippen LogP contribution >= 0.6 is 30.4 Å². The maximum absolute atomic E-state index is 5.53. The predicted octanol–water partition coefficient (Wildman–Crippen LogP) is 3.28. The highest BCUT2D eigenvalue weighted by Gasteiger charge is 1.94. The average Bonchev–Trinajstić information content (AvgIpc) is 2.65. The van der Waals surface area contributed by atoms with Crippen molar-refractivity contribution in [3.8, 4) is 0 Å². The van der Waals surface area contributed by atoms with Gasteiger partial charge in [0, 0.05) is 21.2 Å². The van der Waals surface area contributed by atoms with Crippen LogP contribution in [0.4, 0.5) is 0 Å². The quantitative estimate of drug-likeness (QED) is 0.179. The van der Waals surface area contributed by atoms with Gasteiger partial charge in [0.05, 0.1) is 81.9 Å². The van der Waals surface area contributed by atoms with Crippen LogP contribution in [-0.4, -0.2) is 66.1 Å². The summed E-state index contributed by atoms with van der Waals surface area (Å²) >= 11 is 2.08. The summed E-state index contributed by atoms with van der Waals surface area (Å²) < 4.78 is 32.1. The fourth-order valence-electron chi connectivity index (χ4n) is 1.77. The monoisotopic (exact) mass is 486 g/mol. The van der Waals surface area contributed by atoms with Gasteiger partial charge in [-0.15, -0.1) is 0 Å². The van der Waals surface area contributed by atoms with Crippen molar-refractivity contribution in [2.45, 2.75) is 6.61 Å². The van der Waals surface area contributed by atoms with Crippen LogP contribution in [-0.2, 0) is 34.5 Å². The number of hydrogen-bond donors (Lipinski definition) is 0. The highest BCUT2D eigenvalue weighted by Crippen LogP contribution is 2.10. The van der Waals surface area contributed by atoms with Gasteiger partial charge in [-0.25, -0.2) is 0 Å². The van der Waals surface area contributed by atoms with Gasteiger partial charge in [0.1, 0.15) is 0 Å². The smallest absolute Gasteiger partial charge is 0.0857 e. The number of halogens is 1. The maximum Gasteiger partial charge on any atom is 0.0857 e. The topological polar surface area (TPSA) is 55.4 Å². The minimum atomic E-state index is 0.558. The summed E-state index contributed by atoms with van der Waals surface area (Å²) in [7, 11) is 1.31. The fraction of sp³-hybridized carbons (Fsp3) is 0.647. The molecule has 1 rings (SSSR count). The zero-order chi connectivity index (χ0) is 17.8. The first-order valence-electron chi connectivity index (χ1n) is 8.26. The first kappa shape index (κ1) is 23.1. The van der Waals surface area contributed by atoms with Gasteiger partial charge >= 0.3 is 0 Å². The van der Waals surface area contributed by atoms with E-state index in [-0.39, 0.29) is 0 Å². The second-order valence-corrected chi connectivity index (χ2v) is 6.31. The molecule has 0 aliphatic rings. The number of hydrogen-bond acceptors (Lipinski definition) is 7. The SMILES string of the molecule is ISOCCOCCOCCOCCOCCOCc1ccccc1. The van der Waals surface area contributed by atoms with Crippen molar-refractivity contribution in [3.05, 3.63) is 35.9 Å². The molecule has 0 radical (unpaired) electrons. The average molecular weight is 486 g/mol. The van der Waals surface area contributed by atoms with Gasteiger partial charge in [-0.2, -0.15) is 0 Å². The van der Waals surface area contributed by atoms with E-state index in [2.05, 4.69) is 21.2 Å². The Morgan fingerprint density at radius 2 is 1.04 bits per heavy atom. The van der Waals surface area contributed by atoms with Gasteiger partial charge in [0.15, 0.2) is 0 Å². The maximum atomic E-state index is 5.53. The normalized spacial score (nSPS) is 11.1. The van der Waals surface area contributed by atoms with E-state index in [1.54, 1.807) is 0 Å². The standard InChI is InChI=1S/C17H27IO6S/c18-25-24-15-14-22-11-10-20-7-6-19-8-9-21-12-13-23-16-17-4-2-1-3-5-17/h1-5H,6-16H2. The summed E-state index contributed by atoms with van der Waals surface area (Å²) in [5, 5.41) is 0. The Hall–Kier alpha value is 0.0600. The zero-order valence-electron chi connectivity index (χ0n) is 14.4. The minimum absolute atomic E-state index is 0.558. The third-order valence-corrected chi connectivity index (χ3v) is 3.97. The molecule has 0 unspecified atom stereocenters. The summed E-state index contributed by atoms with van der Waals surface area (Å²) in [6.45, 7) is 6.33. The van der Waals surface area contributed by atoms with Crippen molar-refractivity contribution in [2.24, 2.45) is 0 Å². The Balaban J connectivity index is 1.69. The number of benzene rings is 1. The Labute approximate surface area is 166 Å². The lowest BCUT2D eigenvalue weighted by Crippen LogP contribution is -2.13. The van der Waals surface area contributed by atoms with Crippen LogP contribution in [0.25, 0.3) is 0 Å². The van der Waals surface area contributed by atoms with Crippen molar-refractivity contribution in [1.82, 2.24) is 0 Å².